The molecule has 23 heavy (non-hydrogen) atoms. The lowest BCUT2D eigenvalue weighted by atomic mass is 9.98. The van der Waals surface area contributed by atoms with Crippen LogP contribution in [-0.4, -0.2) is 34.2 Å². The molecule has 124 valence electrons. The average molecular weight is 341 g/mol. The van der Waals surface area contributed by atoms with Crippen LogP contribution in [0.25, 0.3) is 11.3 Å². The fourth-order valence-electron chi connectivity index (χ4n) is 2.77. The van der Waals surface area contributed by atoms with Crippen LogP contribution in [0.3, 0.4) is 0 Å². The molecule has 1 aromatic heterocycles. The van der Waals surface area contributed by atoms with Crippen LogP contribution in [0.4, 0.5) is 4.39 Å². The lowest BCUT2D eigenvalue weighted by Crippen LogP contribution is -2.38. The predicted molar refractivity (Wildman–Crippen MR) is 84.8 cm³/mol. The van der Waals surface area contributed by atoms with Gasteiger partial charge in [-0.15, -0.1) is 12.4 Å². The summed E-state index contributed by atoms with van der Waals surface area (Å²) in [6.45, 7) is 1.93. The first-order valence-corrected chi connectivity index (χ1v) is 7.28. The topological polar surface area (TPSA) is 66.6 Å². The average Bonchev–Trinajstić information content (AvgIpc) is 2.96. The van der Waals surface area contributed by atoms with Crippen LogP contribution < -0.4 is 0 Å². The maximum absolute atomic E-state index is 12.9. The van der Waals surface area contributed by atoms with Crippen molar-refractivity contribution >= 4 is 18.4 Å². The molecule has 5 nitrogen and oxygen atoms in total. The van der Waals surface area contributed by atoms with Gasteiger partial charge in [0.2, 0.25) is 0 Å². The molecule has 1 aliphatic heterocycles. The molecule has 1 aromatic carbocycles. The number of benzene rings is 1. The van der Waals surface area contributed by atoms with E-state index in [-0.39, 0.29) is 24.1 Å². The first-order valence-electron chi connectivity index (χ1n) is 7.28. The Bertz CT molecular complexity index is 660. The predicted octanol–water partition coefficient (Wildman–Crippen LogP) is 3.20. The van der Waals surface area contributed by atoms with Crippen molar-refractivity contribution < 1.29 is 18.8 Å². The van der Waals surface area contributed by atoms with Gasteiger partial charge >= 0.3 is 5.97 Å². The Balaban J connectivity index is 0.00000192. The summed E-state index contributed by atoms with van der Waals surface area (Å²) in [6.07, 6.45) is 1.60. The molecular weight excluding hydrogens is 323 g/mol. The lowest BCUT2D eigenvalue weighted by Gasteiger charge is -2.29. The smallest absolute Gasteiger partial charge is 0.307 e. The maximum atomic E-state index is 12.9. The van der Waals surface area contributed by atoms with Crippen LogP contribution in [0.2, 0.25) is 0 Å². The van der Waals surface area contributed by atoms with Gasteiger partial charge in [-0.3, -0.25) is 9.69 Å². The molecule has 1 fully saturated rings. The van der Waals surface area contributed by atoms with Crippen molar-refractivity contribution in [1.29, 1.82) is 0 Å². The van der Waals surface area contributed by atoms with Gasteiger partial charge < -0.3 is 9.63 Å². The summed E-state index contributed by atoms with van der Waals surface area (Å²) in [4.78, 5) is 13.1. The highest BCUT2D eigenvalue weighted by Crippen LogP contribution is 2.22. The number of piperidine rings is 1. The van der Waals surface area contributed by atoms with E-state index in [9.17, 15) is 9.18 Å². The fraction of sp³-hybridized carbons (Fsp3) is 0.375. The monoisotopic (exact) mass is 340 g/mol. The van der Waals surface area contributed by atoms with Crippen molar-refractivity contribution in [3.05, 3.63) is 41.9 Å². The fourth-order valence-corrected chi connectivity index (χ4v) is 2.77. The Labute approximate surface area is 139 Å². The Kier molecular flexibility index (Phi) is 5.74. The van der Waals surface area contributed by atoms with Crippen LogP contribution in [0, 0.1) is 11.7 Å². The van der Waals surface area contributed by atoms with E-state index in [4.69, 9.17) is 9.63 Å². The minimum atomic E-state index is -0.741. The molecule has 3 rings (SSSR count). The SMILES string of the molecule is Cl.O=C(O)C1CCCN(Cc2cc(-c3ccc(F)cc3)no2)C1. The number of aliphatic carboxylic acids is 1. The summed E-state index contributed by atoms with van der Waals surface area (Å²) < 4.78 is 18.2. The zero-order valence-corrected chi connectivity index (χ0v) is 13.3. The summed E-state index contributed by atoms with van der Waals surface area (Å²) in [5.41, 5.74) is 1.44. The van der Waals surface area contributed by atoms with Crippen molar-refractivity contribution in [1.82, 2.24) is 10.1 Å². The number of hydrogen-bond donors (Lipinski definition) is 1. The van der Waals surface area contributed by atoms with Crippen molar-refractivity contribution in [2.45, 2.75) is 19.4 Å². The summed E-state index contributed by atoms with van der Waals surface area (Å²) >= 11 is 0. The van der Waals surface area contributed by atoms with Crippen molar-refractivity contribution in [2.75, 3.05) is 13.1 Å². The Morgan fingerprint density at radius 2 is 2.13 bits per heavy atom. The molecule has 1 aliphatic rings. The molecular formula is C16H18ClFN2O3. The third-order valence-electron chi connectivity index (χ3n) is 3.93. The number of carbonyl (C=O) groups is 1. The number of carboxylic acids is 1. The highest BCUT2D eigenvalue weighted by atomic mass is 35.5. The Morgan fingerprint density at radius 3 is 2.83 bits per heavy atom. The minimum absolute atomic E-state index is 0. The zero-order chi connectivity index (χ0) is 15.5. The number of nitrogens with zero attached hydrogens (tertiary/aromatic N) is 2. The van der Waals surface area contributed by atoms with Gasteiger partial charge in [-0.2, -0.15) is 0 Å². The van der Waals surface area contributed by atoms with E-state index in [0.717, 1.165) is 24.9 Å². The van der Waals surface area contributed by atoms with Gasteiger partial charge in [0, 0.05) is 18.2 Å². The number of carboxylic acid groups (broad SMARTS) is 1. The van der Waals surface area contributed by atoms with Crippen molar-refractivity contribution in [3.63, 3.8) is 0 Å². The molecule has 2 aromatic rings. The number of halogens is 2. The van der Waals surface area contributed by atoms with Gasteiger partial charge in [0.05, 0.1) is 12.5 Å². The molecule has 0 spiro atoms. The van der Waals surface area contributed by atoms with Crippen LogP contribution in [-0.2, 0) is 11.3 Å². The van der Waals surface area contributed by atoms with Gasteiger partial charge in [0.15, 0.2) is 5.76 Å². The molecule has 1 N–H and O–H groups in total. The quantitative estimate of drug-likeness (QED) is 0.925. The summed E-state index contributed by atoms with van der Waals surface area (Å²) in [5, 5.41) is 13.1. The molecule has 2 heterocycles. The molecule has 0 saturated carbocycles. The molecule has 0 bridgehead atoms. The van der Waals surface area contributed by atoms with Gasteiger partial charge in [0.1, 0.15) is 11.5 Å². The second kappa shape index (κ2) is 7.57. The Hall–Kier alpha value is -1.92. The van der Waals surface area contributed by atoms with E-state index in [1.54, 1.807) is 12.1 Å². The Morgan fingerprint density at radius 1 is 1.39 bits per heavy atom. The molecule has 0 radical (unpaired) electrons. The second-order valence-corrected chi connectivity index (χ2v) is 5.60. The van der Waals surface area contributed by atoms with Gasteiger partial charge in [0.25, 0.3) is 0 Å². The molecule has 7 heteroatoms. The van der Waals surface area contributed by atoms with Crippen molar-refractivity contribution in [3.8, 4) is 11.3 Å². The van der Waals surface area contributed by atoms with E-state index >= 15 is 0 Å². The number of hydrogen-bond acceptors (Lipinski definition) is 4. The van der Waals surface area contributed by atoms with Crippen LogP contribution >= 0.6 is 12.4 Å². The highest BCUT2D eigenvalue weighted by molar-refractivity contribution is 5.85. The first kappa shape index (κ1) is 17.4. The molecule has 0 aliphatic carbocycles. The number of rotatable bonds is 4. The van der Waals surface area contributed by atoms with Gasteiger partial charge in [-0.05, 0) is 43.7 Å². The standard InChI is InChI=1S/C16H17FN2O3.ClH/c17-13-5-3-11(4-6-13)15-8-14(22-18-15)10-19-7-1-2-12(9-19)16(20)21;/h3-6,8,12H,1-2,7,9-10H2,(H,20,21);1H. The lowest BCUT2D eigenvalue weighted by molar-refractivity contribution is -0.143. The second-order valence-electron chi connectivity index (χ2n) is 5.60. The largest absolute Gasteiger partial charge is 0.481 e. The third-order valence-corrected chi connectivity index (χ3v) is 3.93. The van der Waals surface area contributed by atoms with E-state index in [1.807, 2.05) is 6.07 Å². The maximum Gasteiger partial charge on any atom is 0.307 e. The number of likely N-dealkylation sites (tertiary alicyclic amines) is 1. The molecule has 1 saturated heterocycles. The van der Waals surface area contributed by atoms with E-state index in [2.05, 4.69) is 10.1 Å². The summed E-state index contributed by atoms with van der Waals surface area (Å²) in [7, 11) is 0. The third kappa shape index (κ3) is 4.30. The molecule has 0 amide bonds. The normalized spacial score (nSPS) is 18.4. The van der Waals surface area contributed by atoms with Crippen LogP contribution in [0.5, 0.6) is 0 Å². The highest BCUT2D eigenvalue weighted by Gasteiger charge is 2.26. The van der Waals surface area contributed by atoms with Crippen LogP contribution in [0.15, 0.2) is 34.9 Å². The molecule has 1 atom stereocenters. The van der Waals surface area contributed by atoms with E-state index < -0.39 is 5.97 Å². The van der Waals surface area contributed by atoms with Gasteiger partial charge in [-0.25, -0.2) is 4.39 Å². The minimum Gasteiger partial charge on any atom is -0.481 e. The van der Waals surface area contributed by atoms with Crippen molar-refractivity contribution in [2.24, 2.45) is 5.92 Å². The van der Waals surface area contributed by atoms with E-state index in [0.29, 0.717) is 24.5 Å². The van der Waals surface area contributed by atoms with E-state index in [1.165, 1.54) is 12.1 Å². The first-order chi connectivity index (χ1) is 10.6. The molecule has 1 unspecified atom stereocenters. The summed E-state index contributed by atoms with van der Waals surface area (Å²) in [5.74, 6) is -0.659. The summed E-state index contributed by atoms with van der Waals surface area (Å²) in [6, 6.07) is 7.88. The zero-order valence-electron chi connectivity index (χ0n) is 12.4. The van der Waals surface area contributed by atoms with Crippen LogP contribution in [0.1, 0.15) is 18.6 Å². The number of aromatic nitrogens is 1. The van der Waals surface area contributed by atoms with Gasteiger partial charge in [-0.1, -0.05) is 5.16 Å².